The minimum absolute atomic E-state index is 0.0133. The standard InChI is InChI=1S/C20H26N2O4/c1-13-4-5-16-15(11-13)18(23)21-12-20(26-16)8-6-14(7-9-20)22-19(24)17-3-2-10-25-17/h4-5,11,14,17H,2-3,6-10,12H2,1H3,(H,21,23)(H,22,24)/t14?,17-,20?/m0/s1. The van der Waals surface area contributed by atoms with Gasteiger partial charge in [0.05, 0.1) is 12.1 Å². The molecule has 1 aromatic rings. The van der Waals surface area contributed by atoms with Crippen LogP contribution in [0.4, 0.5) is 0 Å². The van der Waals surface area contributed by atoms with Crippen LogP contribution in [0.2, 0.25) is 0 Å². The molecule has 26 heavy (non-hydrogen) atoms. The molecule has 3 aliphatic rings. The molecule has 2 amide bonds. The zero-order valence-corrected chi connectivity index (χ0v) is 15.2. The summed E-state index contributed by atoms with van der Waals surface area (Å²) in [6.45, 7) is 3.15. The van der Waals surface area contributed by atoms with Crippen LogP contribution in [0.5, 0.6) is 5.75 Å². The molecule has 1 aromatic carbocycles. The Morgan fingerprint density at radius 2 is 2.08 bits per heavy atom. The Kier molecular flexibility index (Phi) is 4.61. The highest BCUT2D eigenvalue weighted by atomic mass is 16.5. The highest BCUT2D eigenvalue weighted by Gasteiger charge is 2.41. The summed E-state index contributed by atoms with van der Waals surface area (Å²) in [6, 6.07) is 5.88. The molecule has 1 saturated carbocycles. The van der Waals surface area contributed by atoms with Gasteiger partial charge in [0.25, 0.3) is 5.91 Å². The van der Waals surface area contributed by atoms with E-state index in [9.17, 15) is 9.59 Å². The summed E-state index contributed by atoms with van der Waals surface area (Å²) in [5, 5.41) is 6.14. The van der Waals surface area contributed by atoms with Crippen LogP contribution < -0.4 is 15.4 Å². The van der Waals surface area contributed by atoms with Crippen LogP contribution in [0.1, 0.15) is 54.4 Å². The van der Waals surface area contributed by atoms with Gasteiger partial charge in [-0.2, -0.15) is 0 Å². The molecule has 0 bridgehead atoms. The van der Waals surface area contributed by atoms with E-state index in [4.69, 9.17) is 9.47 Å². The van der Waals surface area contributed by atoms with Gasteiger partial charge >= 0.3 is 0 Å². The number of hydrogen-bond donors (Lipinski definition) is 2. The molecule has 1 spiro atoms. The van der Waals surface area contributed by atoms with Crippen LogP contribution in [0.3, 0.4) is 0 Å². The minimum atomic E-state index is -0.388. The first kappa shape index (κ1) is 17.3. The van der Waals surface area contributed by atoms with Crippen molar-refractivity contribution in [2.75, 3.05) is 13.2 Å². The second-order valence-electron chi connectivity index (χ2n) is 7.75. The van der Waals surface area contributed by atoms with Crippen LogP contribution in [-0.2, 0) is 9.53 Å². The van der Waals surface area contributed by atoms with E-state index in [0.29, 0.717) is 24.5 Å². The number of ether oxygens (including phenoxy) is 2. The number of benzene rings is 1. The second-order valence-corrected chi connectivity index (χ2v) is 7.75. The SMILES string of the molecule is Cc1ccc2c(c1)C(=O)NCC1(CCC(NC(=O)[C@@H]3CCCO3)CC1)O2. The molecular weight excluding hydrogens is 332 g/mol. The molecule has 140 valence electrons. The van der Waals surface area contributed by atoms with E-state index in [1.165, 1.54) is 0 Å². The van der Waals surface area contributed by atoms with E-state index >= 15 is 0 Å². The van der Waals surface area contributed by atoms with Crippen molar-refractivity contribution in [3.05, 3.63) is 29.3 Å². The summed E-state index contributed by atoms with van der Waals surface area (Å²) < 4.78 is 11.8. The van der Waals surface area contributed by atoms with Crippen LogP contribution in [-0.4, -0.2) is 42.7 Å². The van der Waals surface area contributed by atoms with Gasteiger partial charge in [-0.1, -0.05) is 11.6 Å². The molecule has 0 unspecified atom stereocenters. The molecule has 2 heterocycles. The van der Waals surface area contributed by atoms with Gasteiger partial charge < -0.3 is 20.1 Å². The maximum atomic E-state index is 12.4. The summed E-state index contributed by atoms with van der Waals surface area (Å²) in [5.41, 5.74) is 1.26. The summed E-state index contributed by atoms with van der Waals surface area (Å²) in [4.78, 5) is 24.6. The summed E-state index contributed by atoms with van der Waals surface area (Å²) >= 11 is 0. The number of nitrogens with one attached hydrogen (secondary N) is 2. The molecule has 6 heteroatoms. The van der Waals surface area contributed by atoms with Crippen molar-refractivity contribution in [3.63, 3.8) is 0 Å². The van der Waals surface area contributed by atoms with Gasteiger partial charge in [0.15, 0.2) is 0 Å². The fourth-order valence-corrected chi connectivity index (χ4v) is 4.16. The maximum absolute atomic E-state index is 12.4. The molecule has 2 fully saturated rings. The van der Waals surface area contributed by atoms with E-state index in [-0.39, 0.29) is 29.6 Å². The van der Waals surface area contributed by atoms with Crippen LogP contribution in [0.25, 0.3) is 0 Å². The lowest BCUT2D eigenvalue weighted by Gasteiger charge is -2.39. The Morgan fingerprint density at radius 3 is 2.81 bits per heavy atom. The predicted molar refractivity (Wildman–Crippen MR) is 96.2 cm³/mol. The first-order valence-electron chi connectivity index (χ1n) is 9.55. The van der Waals surface area contributed by atoms with Gasteiger partial charge in [-0.05, 0) is 57.6 Å². The number of carbonyl (C=O) groups is 2. The largest absolute Gasteiger partial charge is 0.485 e. The Labute approximate surface area is 153 Å². The van der Waals surface area contributed by atoms with Gasteiger partial charge in [-0.3, -0.25) is 9.59 Å². The Morgan fingerprint density at radius 1 is 1.27 bits per heavy atom. The summed E-state index contributed by atoms with van der Waals surface area (Å²) in [5.74, 6) is 0.598. The highest BCUT2D eigenvalue weighted by molar-refractivity contribution is 5.97. The molecule has 4 rings (SSSR count). The number of aryl methyl sites for hydroxylation is 1. The quantitative estimate of drug-likeness (QED) is 0.849. The maximum Gasteiger partial charge on any atom is 0.255 e. The average molecular weight is 358 g/mol. The molecule has 1 aliphatic carbocycles. The van der Waals surface area contributed by atoms with Gasteiger partial charge in [0, 0.05) is 12.6 Å². The molecule has 1 atom stereocenters. The number of fused-ring (bicyclic) bond motifs is 1. The lowest BCUT2D eigenvalue weighted by atomic mass is 9.81. The van der Waals surface area contributed by atoms with Crippen molar-refractivity contribution in [1.29, 1.82) is 0 Å². The van der Waals surface area contributed by atoms with Crippen molar-refractivity contribution >= 4 is 11.8 Å². The Hall–Kier alpha value is -2.08. The van der Waals surface area contributed by atoms with Crippen LogP contribution in [0, 0.1) is 6.92 Å². The van der Waals surface area contributed by atoms with Crippen LogP contribution >= 0.6 is 0 Å². The summed E-state index contributed by atoms with van der Waals surface area (Å²) in [6.07, 6.45) is 4.78. The van der Waals surface area contributed by atoms with Gasteiger partial charge in [-0.15, -0.1) is 0 Å². The summed E-state index contributed by atoms with van der Waals surface area (Å²) in [7, 11) is 0. The number of carbonyl (C=O) groups excluding carboxylic acids is 2. The number of amides is 2. The fourth-order valence-electron chi connectivity index (χ4n) is 4.16. The first-order chi connectivity index (χ1) is 12.5. The monoisotopic (exact) mass is 358 g/mol. The third kappa shape index (κ3) is 3.43. The predicted octanol–water partition coefficient (Wildman–Crippen LogP) is 2.09. The van der Waals surface area contributed by atoms with Crippen molar-refractivity contribution in [3.8, 4) is 5.75 Å². The molecule has 6 nitrogen and oxygen atoms in total. The molecule has 0 aromatic heterocycles. The van der Waals surface area contributed by atoms with E-state index < -0.39 is 0 Å². The number of hydrogen-bond acceptors (Lipinski definition) is 4. The van der Waals surface area contributed by atoms with E-state index in [1.54, 1.807) is 0 Å². The highest BCUT2D eigenvalue weighted by Crippen LogP contribution is 2.36. The Bertz CT molecular complexity index is 704. The van der Waals surface area contributed by atoms with Crippen LogP contribution in [0.15, 0.2) is 18.2 Å². The van der Waals surface area contributed by atoms with Crippen molar-refractivity contribution < 1.29 is 19.1 Å². The third-order valence-electron chi connectivity index (χ3n) is 5.74. The number of rotatable bonds is 2. The van der Waals surface area contributed by atoms with Crippen molar-refractivity contribution in [2.24, 2.45) is 0 Å². The van der Waals surface area contributed by atoms with E-state index in [1.807, 2.05) is 25.1 Å². The zero-order chi connectivity index (χ0) is 18.1. The first-order valence-corrected chi connectivity index (χ1v) is 9.55. The van der Waals surface area contributed by atoms with Crippen molar-refractivity contribution in [1.82, 2.24) is 10.6 Å². The Balaban J connectivity index is 1.41. The topological polar surface area (TPSA) is 76.7 Å². The normalized spacial score (nSPS) is 30.9. The molecular formula is C20H26N2O4. The van der Waals surface area contributed by atoms with Gasteiger partial charge in [0.1, 0.15) is 17.5 Å². The molecule has 2 aliphatic heterocycles. The van der Waals surface area contributed by atoms with E-state index in [2.05, 4.69) is 10.6 Å². The van der Waals surface area contributed by atoms with Crippen molar-refractivity contribution in [2.45, 2.75) is 63.2 Å². The van der Waals surface area contributed by atoms with Gasteiger partial charge in [-0.25, -0.2) is 0 Å². The smallest absolute Gasteiger partial charge is 0.255 e. The van der Waals surface area contributed by atoms with Gasteiger partial charge in [0.2, 0.25) is 5.91 Å². The third-order valence-corrected chi connectivity index (χ3v) is 5.74. The van der Waals surface area contributed by atoms with E-state index in [0.717, 1.165) is 44.1 Å². The average Bonchev–Trinajstić information content (AvgIpc) is 3.14. The molecule has 2 N–H and O–H groups in total. The molecule has 0 radical (unpaired) electrons. The zero-order valence-electron chi connectivity index (χ0n) is 15.2. The fraction of sp³-hybridized carbons (Fsp3) is 0.600. The second kappa shape index (κ2) is 6.91. The lowest BCUT2D eigenvalue weighted by molar-refractivity contribution is -0.131. The minimum Gasteiger partial charge on any atom is -0.485 e. The lowest BCUT2D eigenvalue weighted by Crippen LogP contribution is -2.52. The molecule has 1 saturated heterocycles.